The van der Waals surface area contributed by atoms with Gasteiger partial charge in [-0.2, -0.15) is 4.57 Å². The molecule has 0 aliphatic rings. The van der Waals surface area contributed by atoms with E-state index in [1.165, 1.54) is 58.6 Å². The number of aromatic nitrogens is 1. The van der Waals surface area contributed by atoms with Crippen molar-refractivity contribution in [3.63, 3.8) is 0 Å². The molecule has 158 valence electrons. The lowest BCUT2D eigenvalue weighted by Crippen LogP contribution is -2.43. The molecule has 0 N–H and O–H groups in total. The molecular formula is C28H27N2SSi+. The molecule has 0 atom stereocenters. The first-order valence-corrected chi connectivity index (χ1v) is 15.3. The first-order valence-electron chi connectivity index (χ1n) is 11.0. The number of thiophene rings is 1. The summed E-state index contributed by atoms with van der Waals surface area (Å²) in [5.41, 5.74) is 7.25. The summed E-state index contributed by atoms with van der Waals surface area (Å²) in [7, 11) is 0.627. The van der Waals surface area contributed by atoms with Crippen molar-refractivity contribution in [1.29, 1.82) is 0 Å². The van der Waals surface area contributed by atoms with Gasteiger partial charge in [0.15, 0.2) is 5.69 Å². The van der Waals surface area contributed by atoms with E-state index < -0.39 is 8.07 Å². The summed E-state index contributed by atoms with van der Waals surface area (Å²) in [5.74, 6) is 0. The Morgan fingerprint density at radius 1 is 0.906 bits per heavy atom. The van der Waals surface area contributed by atoms with Crippen LogP contribution in [0.4, 0.5) is 5.69 Å². The van der Waals surface area contributed by atoms with E-state index in [0.717, 1.165) is 0 Å². The zero-order valence-corrected chi connectivity index (χ0v) is 21.3. The van der Waals surface area contributed by atoms with Crippen LogP contribution in [-0.4, -0.2) is 8.07 Å². The Hall–Kier alpha value is -3.00. The molecular weight excluding hydrogens is 424 g/mol. The van der Waals surface area contributed by atoms with Crippen LogP contribution in [0.2, 0.25) is 19.6 Å². The zero-order chi connectivity index (χ0) is 22.8. The third-order valence-electron chi connectivity index (χ3n) is 6.66. The van der Waals surface area contributed by atoms with E-state index >= 15 is 0 Å². The van der Waals surface area contributed by atoms with Gasteiger partial charge in [-0.25, -0.2) is 4.85 Å². The Morgan fingerprint density at radius 2 is 1.66 bits per heavy atom. The minimum Gasteiger partial charge on any atom is -0.238 e. The second-order valence-corrected chi connectivity index (χ2v) is 15.8. The molecule has 0 fully saturated rings. The molecule has 2 heterocycles. The van der Waals surface area contributed by atoms with Gasteiger partial charge in [0.05, 0.1) is 20.2 Å². The maximum Gasteiger partial charge on any atom is 0.214 e. The predicted molar refractivity (Wildman–Crippen MR) is 142 cm³/mol. The summed E-state index contributed by atoms with van der Waals surface area (Å²) < 4.78 is 4.88. The molecule has 2 aromatic heterocycles. The normalized spacial score (nSPS) is 12.0. The first-order chi connectivity index (χ1) is 15.2. The summed E-state index contributed by atoms with van der Waals surface area (Å²) in [6.45, 7) is 19.2. The van der Waals surface area contributed by atoms with Gasteiger partial charge in [-0.05, 0) is 53.7 Å². The van der Waals surface area contributed by atoms with Gasteiger partial charge in [-0.15, -0.1) is 11.3 Å². The number of benzene rings is 3. The van der Waals surface area contributed by atoms with Crippen LogP contribution in [0.3, 0.4) is 0 Å². The molecule has 0 radical (unpaired) electrons. The molecule has 0 aliphatic carbocycles. The van der Waals surface area contributed by atoms with Crippen molar-refractivity contribution in [2.24, 2.45) is 7.05 Å². The summed E-state index contributed by atoms with van der Waals surface area (Å²) in [4.78, 5) is 3.65. The molecule has 3 aromatic carbocycles. The molecule has 32 heavy (non-hydrogen) atoms. The lowest BCUT2D eigenvalue weighted by Gasteiger charge is -2.20. The maximum atomic E-state index is 7.42. The minimum absolute atomic E-state index is 0.705. The van der Waals surface area contributed by atoms with Crippen LogP contribution in [0.1, 0.15) is 11.1 Å². The van der Waals surface area contributed by atoms with E-state index in [2.05, 4.69) is 92.4 Å². The monoisotopic (exact) mass is 451 g/mol. The highest BCUT2D eigenvalue weighted by atomic mass is 32.1. The van der Waals surface area contributed by atoms with Gasteiger partial charge in [0.1, 0.15) is 7.05 Å². The molecule has 0 amide bonds. The number of pyridine rings is 1. The first kappa shape index (κ1) is 20.9. The Bertz CT molecular complexity index is 1600. The van der Waals surface area contributed by atoms with E-state index in [4.69, 9.17) is 6.57 Å². The van der Waals surface area contributed by atoms with E-state index in [9.17, 15) is 0 Å². The second-order valence-electron chi connectivity index (χ2n) is 9.73. The quantitative estimate of drug-likeness (QED) is 0.150. The van der Waals surface area contributed by atoms with Crippen LogP contribution >= 0.6 is 11.3 Å². The van der Waals surface area contributed by atoms with E-state index in [1.807, 2.05) is 23.5 Å². The third kappa shape index (κ3) is 3.08. The van der Waals surface area contributed by atoms with E-state index in [-0.39, 0.29) is 0 Å². The van der Waals surface area contributed by atoms with Crippen LogP contribution in [0.15, 0.2) is 54.6 Å². The topological polar surface area (TPSA) is 8.24 Å². The fourth-order valence-electron chi connectivity index (χ4n) is 4.80. The molecule has 4 heteroatoms. The average molecular weight is 452 g/mol. The predicted octanol–water partition coefficient (Wildman–Crippen LogP) is 7.41. The Balaban J connectivity index is 1.96. The van der Waals surface area contributed by atoms with Gasteiger partial charge < -0.3 is 0 Å². The van der Waals surface area contributed by atoms with Crippen LogP contribution in [-0.2, 0) is 7.05 Å². The van der Waals surface area contributed by atoms with E-state index in [1.54, 1.807) is 0 Å². The van der Waals surface area contributed by atoms with Crippen LogP contribution in [0, 0.1) is 20.4 Å². The van der Waals surface area contributed by atoms with E-state index in [0.29, 0.717) is 5.69 Å². The molecule has 2 nitrogen and oxygen atoms in total. The van der Waals surface area contributed by atoms with Crippen LogP contribution in [0.5, 0.6) is 0 Å². The fraction of sp³-hybridized carbons (Fsp3) is 0.214. The van der Waals surface area contributed by atoms with Crippen molar-refractivity contribution >= 4 is 61.4 Å². The largest absolute Gasteiger partial charge is 0.238 e. The van der Waals surface area contributed by atoms with Gasteiger partial charge in [0.2, 0.25) is 11.2 Å². The molecule has 0 bridgehead atoms. The van der Waals surface area contributed by atoms with Gasteiger partial charge in [-0.3, -0.25) is 0 Å². The Labute approximate surface area is 194 Å². The average Bonchev–Trinajstić information content (AvgIpc) is 3.11. The van der Waals surface area contributed by atoms with Crippen molar-refractivity contribution < 1.29 is 4.57 Å². The zero-order valence-electron chi connectivity index (χ0n) is 19.5. The number of hydrogen-bond acceptors (Lipinski definition) is 1. The van der Waals surface area contributed by atoms with Crippen molar-refractivity contribution in [3.8, 4) is 11.3 Å². The number of nitrogens with zero attached hydrogens (tertiary/aromatic N) is 2. The summed E-state index contributed by atoms with van der Waals surface area (Å²) in [6.07, 6.45) is 0. The lowest BCUT2D eigenvalue weighted by atomic mass is 9.96. The van der Waals surface area contributed by atoms with Crippen molar-refractivity contribution in [2.45, 2.75) is 33.5 Å². The highest BCUT2D eigenvalue weighted by molar-refractivity contribution is 7.26. The van der Waals surface area contributed by atoms with Crippen molar-refractivity contribution in [2.75, 3.05) is 0 Å². The minimum atomic E-state index is -1.57. The van der Waals surface area contributed by atoms with Crippen molar-refractivity contribution in [3.05, 3.63) is 77.1 Å². The Kier molecular flexibility index (Phi) is 4.74. The smallest absolute Gasteiger partial charge is 0.214 e. The molecule has 0 aliphatic heterocycles. The SMILES string of the molecule is [C-]#[N+]c1ccc2c(c1)sc1c(-c3cc([Si](C)(C)C)c4ccccc4[n+]3C)c(C)c(C)cc12. The highest BCUT2D eigenvalue weighted by Crippen LogP contribution is 2.43. The summed E-state index contributed by atoms with van der Waals surface area (Å²) in [6, 6.07) is 19.7. The van der Waals surface area contributed by atoms with Crippen LogP contribution < -0.4 is 9.75 Å². The summed E-state index contributed by atoms with van der Waals surface area (Å²) in [5, 5.41) is 5.42. The van der Waals surface area contributed by atoms with Crippen molar-refractivity contribution in [1.82, 2.24) is 0 Å². The maximum absolute atomic E-state index is 7.42. The number of hydrogen-bond donors (Lipinski definition) is 0. The van der Waals surface area contributed by atoms with Gasteiger partial charge in [0, 0.05) is 32.3 Å². The Morgan fingerprint density at radius 3 is 2.38 bits per heavy atom. The molecule has 0 unspecified atom stereocenters. The van der Waals surface area contributed by atoms with Crippen LogP contribution in [0.25, 0.3) is 47.2 Å². The summed E-state index contributed by atoms with van der Waals surface area (Å²) >= 11 is 1.82. The molecule has 5 rings (SSSR count). The van der Waals surface area contributed by atoms with Gasteiger partial charge >= 0.3 is 0 Å². The van der Waals surface area contributed by atoms with Gasteiger partial charge in [0.25, 0.3) is 0 Å². The number of para-hydroxylation sites is 1. The molecule has 5 aromatic rings. The standard InChI is InChI=1S/C28H27N2SSi/c1-17-14-22-20-13-12-19(29-3)15-25(20)31-28(22)27(18(17)2)24-16-26(32(5,6)7)21-10-8-9-11-23(21)30(24)4/h8-16H,1-2,4-7H3/q+1. The highest BCUT2D eigenvalue weighted by Gasteiger charge is 2.28. The second kappa shape index (κ2) is 7.27. The number of fused-ring (bicyclic) bond motifs is 4. The molecule has 0 saturated carbocycles. The fourth-order valence-corrected chi connectivity index (χ4v) is 7.71. The number of rotatable bonds is 2. The molecule has 0 spiro atoms. The number of aryl methyl sites for hydroxylation is 2. The van der Waals surface area contributed by atoms with Gasteiger partial charge in [-0.1, -0.05) is 43.9 Å². The molecule has 0 saturated heterocycles. The lowest BCUT2D eigenvalue weighted by molar-refractivity contribution is -0.633. The third-order valence-corrected chi connectivity index (χ3v) is 9.87.